The second kappa shape index (κ2) is 5.28. The Morgan fingerprint density at radius 2 is 2.18 bits per heavy atom. The number of H-pyrrole nitrogens is 1. The number of piperazine rings is 1. The highest BCUT2D eigenvalue weighted by molar-refractivity contribution is 6.36. The van der Waals surface area contributed by atoms with Gasteiger partial charge in [0, 0.05) is 42.3 Å². The number of rotatable bonds is 2. The van der Waals surface area contributed by atoms with E-state index in [1.807, 2.05) is 31.2 Å². The molecule has 0 radical (unpaired) electrons. The van der Waals surface area contributed by atoms with Gasteiger partial charge in [-0.15, -0.1) is 0 Å². The maximum absolute atomic E-state index is 12.5. The third-order valence-corrected chi connectivity index (χ3v) is 5.52. The molecule has 0 spiro atoms. The number of nitrogens with zero attached hydrogens (tertiary/aromatic N) is 2. The van der Waals surface area contributed by atoms with Crippen LogP contribution in [0, 0.1) is 0 Å². The summed E-state index contributed by atoms with van der Waals surface area (Å²) < 4.78 is 0. The largest absolute Gasteiger partial charge is 0.356 e. The third-order valence-electron chi connectivity index (χ3n) is 5.09. The van der Waals surface area contributed by atoms with E-state index < -0.39 is 0 Å². The van der Waals surface area contributed by atoms with Gasteiger partial charge in [-0.2, -0.15) is 0 Å². The summed E-state index contributed by atoms with van der Waals surface area (Å²) in [5.74, 6) is 0.265. The molecule has 116 valence electrons. The Bertz CT molecular complexity index is 726. The molecule has 4 rings (SSSR count). The summed E-state index contributed by atoms with van der Waals surface area (Å²) in [6.45, 7) is 4.58. The molecule has 2 fully saturated rings. The summed E-state index contributed by atoms with van der Waals surface area (Å²) in [4.78, 5) is 20.2. The minimum Gasteiger partial charge on any atom is -0.356 e. The highest BCUT2D eigenvalue weighted by atomic mass is 35.5. The molecule has 1 aromatic carbocycles. The summed E-state index contributed by atoms with van der Waals surface area (Å²) in [6.07, 6.45) is 2.25. The van der Waals surface area contributed by atoms with Crippen molar-refractivity contribution < 1.29 is 4.79 Å². The van der Waals surface area contributed by atoms with Gasteiger partial charge in [-0.1, -0.05) is 29.8 Å². The zero-order chi connectivity index (χ0) is 15.3. The number of aromatic nitrogens is 1. The van der Waals surface area contributed by atoms with Crippen LogP contribution in [0.1, 0.15) is 25.5 Å². The molecule has 0 saturated carbocycles. The van der Waals surface area contributed by atoms with Crippen molar-refractivity contribution in [3.8, 4) is 0 Å². The Morgan fingerprint density at radius 3 is 3.00 bits per heavy atom. The summed E-state index contributed by atoms with van der Waals surface area (Å²) in [6, 6.07) is 8.37. The van der Waals surface area contributed by atoms with Crippen LogP contribution in [0.5, 0.6) is 0 Å². The van der Waals surface area contributed by atoms with E-state index in [0.717, 1.165) is 47.6 Å². The van der Waals surface area contributed by atoms with Crippen LogP contribution in [-0.2, 0) is 11.3 Å². The average molecular weight is 318 g/mol. The van der Waals surface area contributed by atoms with Crippen LogP contribution in [0.25, 0.3) is 10.9 Å². The summed E-state index contributed by atoms with van der Waals surface area (Å²) in [5, 5.41) is 1.83. The number of aromatic amines is 1. The van der Waals surface area contributed by atoms with Gasteiger partial charge in [-0.25, -0.2) is 0 Å². The monoisotopic (exact) mass is 317 g/mol. The lowest BCUT2D eigenvalue weighted by atomic mass is 10.1. The highest BCUT2D eigenvalue weighted by Gasteiger charge is 2.40. The van der Waals surface area contributed by atoms with Gasteiger partial charge in [0.05, 0.1) is 11.1 Å². The molecule has 2 aromatic rings. The second-order valence-corrected chi connectivity index (χ2v) is 6.77. The van der Waals surface area contributed by atoms with E-state index in [1.165, 1.54) is 0 Å². The van der Waals surface area contributed by atoms with E-state index in [9.17, 15) is 4.79 Å². The van der Waals surface area contributed by atoms with Crippen molar-refractivity contribution in [1.82, 2.24) is 14.8 Å². The van der Waals surface area contributed by atoms with Gasteiger partial charge in [0.1, 0.15) is 0 Å². The molecule has 2 saturated heterocycles. The fourth-order valence-corrected chi connectivity index (χ4v) is 4.09. The number of amides is 1. The number of fused-ring (bicyclic) bond motifs is 2. The number of benzene rings is 1. The number of hydrogen-bond donors (Lipinski definition) is 1. The second-order valence-electron chi connectivity index (χ2n) is 6.40. The average Bonchev–Trinajstić information content (AvgIpc) is 3.11. The highest BCUT2D eigenvalue weighted by Crippen LogP contribution is 2.31. The van der Waals surface area contributed by atoms with Crippen LogP contribution < -0.4 is 0 Å². The Morgan fingerprint density at radius 1 is 1.36 bits per heavy atom. The van der Waals surface area contributed by atoms with Gasteiger partial charge in [-0.05, 0) is 25.8 Å². The molecule has 1 N–H and O–H groups in total. The number of carbonyl (C=O) groups excluding carboxylic acids is 1. The molecule has 4 nitrogen and oxygen atoms in total. The van der Waals surface area contributed by atoms with E-state index >= 15 is 0 Å². The molecule has 0 aliphatic carbocycles. The molecule has 3 heterocycles. The van der Waals surface area contributed by atoms with Crippen molar-refractivity contribution >= 4 is 28.4 Å². The molecule has 1 amide bonds. The van der Waals surface area contributed by atoms with Crippen LogP contribution in [0.15, 0.2) is 24.3 Å². The summed E-state index contributed by atoms with van der Waals surface area (Å²) in [5.41, 5.74) is 2.06. The minimum atomic E-state index is -0.0724. The van der Waals surface area contributed by atoms with Crippen LogP contribution in [0.3, 0.4) is 0 Å². The molecule has 22 heavy (non-hydrogen) atoms. The van der Waals surface area contributed by atoms with Crippen molar-refractivity contribution in [2.24, 2.45) is 0 Å². The molecule has 1 aromatic heterocycles. The lowest BCUT2D eigenvalue weighted by Gasteiger charge is -2.41. The van der Waals surface area contributed by atoms with Crippen molar-refractivity contribution in [1.29, 1.82) is 0 Å². The lowest BCUT2D eigenvalue weighted by Crippen LogP contribution is -2.58. The van der Waals surface area contributed by atoms with Gasteiger partial charge in [0.25, 0.3) is 0 Å². The standard InChI is InChI=1S/C17H20ClN3O/c1-11-17(22)21-8-4-5-12(21)9-20(11)10-15-16(18)13-6-2-3-7-14(13)19-15/h2-3,6-7,11-12,19H,4-5,8-10H2,1H3/t11-,12+/m1/s1. The first kappa shape index (κ1) is 14.1. The molecular weight excluding hydrogens is 298 g/mol. The predicted octanol–water partition coefficient (Wildman–Crippen LogP) is 3.02. The van der Waals surface area contributed by atoms with Crippen LogP contribution in [-0.4, -0.2) is 45.9 Å². The molecule has 2 atom stereocenters. The Hall–Kier alpha value is -1.52. The van der Waals surface area contributed by atoms with Crippen molar-refractivity contribution in [3.63, 3.8) is 0 Å². The first-order valence-corrected chi connectivity index (χ1v) is 8.32. The first-order chi connectivity index (χ1) is 10.6. The van der Waals surface area contributed by atoms with E-state index in [-0.39, 0.29) is 11.9 Å². The fourth-order valence-electron chi connectivity index (χ4n) is 3.82. The van der Waals surface area contributed by atoms with E-state index in [0.29, 0.717) is 12.6 Å². The Balaban J connectivity index is 1.61. The topological polar surface area (TPSA) is 39.3 Å². The number of nitrogens with one attached hydrogen (secondary N) is 1. The maximum Gasteiger partial charge on any atom is 0.239 e. The summed E-state index contributed by atoms with van der Waals surface area (Å²) in [7, 11) is 0. The lowest BCUT2D eigenvalue weighted by molar-refractivity contribution is -0.143. The van der Waals surface area contributed by atoms with Crippen LogP contribution in [0.4, 0.5) is 0 Å². The van der Waals surface area contributed by atoms with Crippen LogP contribution >= 0.6 is 11.6 Å². The third kappa shape index (κ3) is 2.13. The van der Waals surface area contributed by atoms with Crippen molar-refractivity contribution in [2.45, 2.75) is 38.4 Å². The normalized spacial score (nSPS) is 25.9. The smallest absolute Gasteiger partial charge is 0.239 e. The van der Waals surface area contributed by atoms with Gasteiger partial charge in [0.2, 0.25) is 5.91 Å². The molecule has 2 aliphatic rings. The maximum atomic E-state index is 12.5. The zero-order valence-corrected chi connectivity index (χ0v) is 13.4. The zero-order valence-electron chi connectivity index (χ0n) is 12.7. The van der Waals surface area contributed by atoms with Gasteiger partial charge in [-0.3, -0.25) is 9.69 Å². The van der Waals surface area contributed by atoms with Gasteiger partial charge in [0.15, 0.2) is 0 Å². The number of halogens is 1. The molecule has 0 unspecified atom stereocenters. The van der Waals surface area contributed by atoms with E-state index in [2.05, 4.69) is 14.8 Å². The SMILES string of the molecule is C[C@@H]1C(=O)N2CCC[C@H]2CN1Cc1[nH]c2ccccc2c1Cl. The number of carbonyl (C=O) groups is 1. The number of para-hydroxylation sites is 1. The summed E-state index contributed by atoms with van der Waals surface area (Å²) >= 11 is 6.52. The first-order valence-electron chi connectivity index (χ1n) is 7.95. The Labute approximate surface area is 135 Å². The predicted molar refractivity (Wildman–Crippen MR) is 87.9 cm³/mol. The number of hydrogen-bond acceptors (Lipinski definition) is 2. The fraction of sp³-hybridized carbons (Fsp3) is 0.471. The van der Waals surface area contributed by atoms with Crippen LogP contribution in [0.2, 0.25) is 5.02 Å². The molecule has 0 bridgehead atoms. The Kier molecular flexibility index (Phi) is 3.39. The van der Waals surface area contributed by atoms with Crippen molar-refractivity contribution in [3.05, 3.63) is 35.0 Å². The molecule has 2 aliphatic heterocycles. The minimum absolute atomic E-state index is 0.0724. The molecular formula is C17H20ClN3O. The van der Waals surface area contributed by atoms with Crippen molar-refractivity contribution in [2.75, 3.05) is 13.1 Å². The van der Waals surface area contributed by atoms with Gasteiger partial charge < -0.3 is 9.88 Å². The van der Waals surface area contributed by atoms with E-state index in [1.54, 1.807) is 0 Å². The van der Waals surface area contributed by atoms with E-state index in [4.69, 9.17) is 11.6 Å². The molecule has 5 heteroatoms. The van der Waals surface area contributed by atoms with Gasteiger partial charge >= 0.3 is 0 Å². The quantitative estimate of drug-likeness (QED) is 0.925.